The van der Waals surface area contributed by atoms with Gasteiger partial charge in [-0.1, -0.05) is 19.1 Å². The lowest BCUT2D eigenvalue weighted by Crippen LogP contribution is -2.17. The monoisotopic (exact) mass is 285 g/mol. The summed E-state index contributed by atoms with van der Waals surface area (Å²) in [7, 11) is 1.56. The minimum atomic E-state index is -4.44. The Balaban J connectivity index is 2.47. The summed E-state index contributed by atoms with van der Waals surface area (Å²) in [5.41, 5.74) is -0.402. The van der Waals surface area contributed by atoms with Crippen LogP contribution in [-0.2, 0) is 15.7 Å². The zero-order chi connectivity index (χ0) is 14.9. The van der Waals surface area contributed by atoms with Gasteiger partial charge in [-0.05, 0) is 24.1 Å². The lowest BCUT2D eigenvalue weighted by Gasteiger charge is -2.09. The molecule has 0 aliphatic carbocycles. The Kier molecular flexibility index (Phi) is 3.74. The van der Waals surface area contributed by atoms with Crippen LogP contribution >= 0.6 is 0 Å². The number of carbonyl (C=O) groups is 1. The number of Topliss-reactive ketones (excluding diaryl/α,β-unsaturated/α-hetero) is 1. The maximum Gasteiger partial charge on any atom is 0.416 e. The lowest BCUT2D eigenvalue weighted by molar-refractivity contribution is -0.137. The molecule has 3 nitrogen and oxygen atoms in total. The second kappa shape index (κ2) is 5.19. The molecule has 0 amide bonds. The van der Waals surface area contributed by atoms with Crippen LogP contribution in [0.2, 0.25) is 0 Å². The van der Waals surface area contributed by atoms with E-state index >= 15 is 0 Å². The fourth-order valence-electron chi connectivity index (χ4n) is 2.10. The third kappa shape index (κ3) is 2.50. The van der Waals surface area contributed by atoms with E-state index in [2.05, 4.69) is 5.32 Å². The summed E-state index contributed by atoms with van der Waals surface area (Å²) in [6.45, 7) is 1.78. The molecule has 0 fully saturated rings. The first-order valence-electron chi connectivity index (χ1n) is 6.19. The number of carbonyl (C=O) groups excluding carboxylic acids is 1. The van der Waals surface area contributed by atoms with Gasteiger partial charge < -0.3 is 10.1 Å². The molecule has 6 heteroatoms. The third-order valence-electron chi connectivity index (χ3n) is 3.10. The van der Waals surface area contributed by atoms with Gasteiger partial charge >= 0.3 is 6.18 Å². The highest BCUT2D eigenvalue weighted by Gasteiger charge is 2.36. The first-order chi connectivity index (χ1) is 9.38. The molecule has 1 unspecified atom stereocenters. The normalized spacial score (nSPS) is 19.2. The van der Waals surface area contributed by atoms with Crippen LogP contribution in [0.15, 0.2) is 30.1 Å². The van der Waals surface area contributed by atoms with Gasteiger partial charge in [-0.3, -0.25) is 4.79 Å². The highest BCUT2D eigenvalue weighted by molar-refractivity contribution is 6.25. The van der Waals surface area contributed by atoms with Gasteiger partial charge in [0.25, 0.3) is 0 Å². The number of rotatable bonds is 3. The molecule has 0 spiro atoms. The van der Waals surface area contributed by atoms with Crippen molar-refractivity contribution in [1.29, 1.82) is 0 Å². The van der Waals surface area contributed by atoms with Crippen molar-refractivity contribution in [3.63, 3.8) is 0 Å². The van der Waals surface area contributed by atoms with Gasteiger partial charge in [0.15, 0.2) is 12.0 Å². The van der Waals surface area contributed by atoms with Crippen molar-refractivity contribution < 1.29 is 22.7 Å². The van der Waals surface area contributed by atoms with Crippen LogP contribution in [0, 0.1) is 0 Å². The van der Waals surface area contributed by atoms with Crippen molar-refractivity contribution in [3.05, 3.63) is 41.3 Å². The van der Waals surface area contributed by atoms with Gasteiger partial charge in [-0.25, -0.2) is 0 Å². The molecule has 20 heavy (non-hydrogen) atoms. The Morgan fingerprint density at radius 2 is 2.05 bits per heavy atom. The van der Waals surface area contributed by atoms with Crippen molar-refractivity contribution >= 4 is 11.4 Å². The van der Waals surface area contributed by atoms with E-state index in [-0.39, 0.29) is 22.8 Å². The number of alkyl halides is 3. The minimum absolute atomic E-state index is 0.172. The van der Waals surface area contributed by atoms with Gasteiger partial charge in [-0.15, -0.1) is 0 Å². The molecule has 1 atom stereocenters. The summed E-state index contributed by atoms with van der Waals surface area (Å²) in [5, 5.41) is 2.72. The minimum Gasteiger partial charge on any atom is -0.467 e. The van der Waals surface area contributed by atoms with Crippen LogP contribution < -0.4 is 5.32 Å². The van der Waals surface area contributed by atoms with E-state index in [1.54, 1.807) is 14.0 Å². The number of hydrogen-bond acceptors (Lipinski definition) is 3. The fraction of sp³-hybridized carbons (Fsp3) is 0.357. The van der Waals surface area contributed by atoms with Crippen LogP contribution in [-0.4, -0.2) is 18.9 Å². The second-order valence-electron chi connectivity index (χ2n) is 4.41. The molecule has 2 rings (SSSR count). The predicted octanol–water partition coefficient (Wildman–Crippen LogP) is 2.97. The Hall–Kier alpha value is -1.98. The van der Waals surface area contributed by atoms with Crippen LogP contribution in [0.4, 0.5) is 13.2 Å². The van der Waals surface area contributed by atoms with Gasteiger partial charge in [0, 0.05) is 7.05 Å². The molecule has 0 aromatic heterocycles. The Morgan fingerprint density at radius 3 is 2.60 bits per heavy atom. The molecule has 1 aromatic carbocycles. The molecule has 1 heterocycles. The highest BCUT2D eigenvalue weighted by Crippen LogP contribution is 2.34. The molecule has 0 saturated heterocycles. The Bertz CT molecular complexity index is 564. The van der Waals surface area contributed by atoms with E-state index in [0.29, 0.717) is 6.42 Å². The van der Waals surface area contributed by atoms with Gasteiger partial charge in [0.05, 0.1) is 11.1 Å². The van der Waals surface area contributed by atoms with Crippen molar-refractivity contribution in [2.75, 3.05) is 7.05 Å². The fourth-order valence-corrected chi connectivity index (χ4v) is 2.10. The summed E-state index contributed by atoms with van der Waals surface area (Å²) < 4.78 is 43.6. The summed E-state index contributed by atoms with van der Waals surface area (Å²) in [4.78, 5) is 12.2. The highest BCUT2D eigenvalue weighted by atomic mass is 19.4. The second-order valence-corrected chi connectivity index (χ2v) is 4.41. The molecule has 0 bridgehead atoms. The predicted molar refractivity (Wildman–Crippen MR) is 67.6 cm³/mol. The first-order valence-corrected chi connectivity index (χ1v) is 6.19. The van der Waals surface area contributed by atoms with E-state index in [0.717, 1.165) is 12.1 Å². The average molecular weight is 285 g/mol. The molecular weight excluding hydrogens is 271 g/mol. The summed E-state index contributed by atoms with van der Waals surface area (Å²) in [5.74, 6) is -0.0719. The Morgan fingerprint density at radius 1 is 1.35 bits per heavy atom. The number of nitrogens with one attached hydrogen (secondary N) is 1. The number of halogens is 3. The number of ether oxygens (including phenoxy) is 1. The number of ketones is 1. The lowest BCUT2D eigenvalue weighted by atomic mass is 9.98. The van der Waals surface area contributed by atoms with Crippen LogP contribution in [0.1, 0.15) is 24.5 Å². The molecule has 1 N–H and O–H groups in total. The maximum absolute atomic E-state index is 12.7. The van der Waals surface area contributed by atoms with Crippen LogP contribution in [0.25, 0.3) is 5.57 Å². The van der Waals surface area contributed by atoms with Gasteiger partial charge in [0.1, 0.15) is 0 Å². The summed E-state index contributed by atoms with van der Waals surface area (Å²) in [6, 6.07) is 4.69. The average Bonchev–Trinajstić information content (AvgIpc) is 2.74. The van der Waals surface area contributed by atoms with Crippen molar-refractivity contribution in [2.24, 2.45) is 0 Å². The largest absolute Gasteiger partial charge is 0.467 e. The van der Waals surface area contributed by atoms with E-state index in [1.165, 1.54) is 12.1 Å². The summed E-state index contributed by atoms with van der Waals surface area (Å²) >= 11 is 0. The molecule has 1 aromatic rings. The summed E-state index contributed by atoms with van der Waals surface area (Å²) in [6.07, 6.45) is -4.61. The maximum atomic E-state index is 12.7. The van der Waals surface area contributed by atoms with E-state index in [1.807, 2.05) is 0 Å². The first kappa shape index (κ1) is 14.4. The number of hydrogen-bond donors (Lipinski definition) is 1. The topological polar surface area (TPSA) is 38.3 Å². The Labute approximate surface area is 114 Å². The molecule has 1 aliphatic heterocycles. The smallest absolute Gasteiger partial charge is 0.416 e. The van der Waals surface area contributed by atoms with E-state index < -0.39 is 17.8 Å². The molecular formula is C14H14F3NO2. The molecule has 0 saturated carbocycles. The van der Waals surface area contributed by atoms with Crippen LogP contribution in [0.5, 0.6) is 0 Å². The van der Waals surface area contributed by atoms with E-state index in [9.17, 15) is 18.0 Å². The van der Waals surface area contributed by atoms with Crippen molar-refractivity contribution in [3.8, 4) is 0 Å². The molecule has 0 radical (unpaired) electrons. The van der Waals surface area contributed by atoms with Gasteiger partial charge in [0.2, 0.25) is 5.78 Å². The van der Waals surface area contributed by atoms with Crippen molar-refractivity contribution in [1.82, 2.24) is 5.32 Å². The zero-order valence-electron chi connectivity index (χ0n) is 11.0. The third-order valence-corrected chi connectivity index (χ3v) is 3.10. The number of benzene rings is 1. The zero-order valence-corrected chi connectivity index (χ0v) is 11.0. The van der Waals surface area contributed by atoms with E-state index in [4.69, 9.17) is 4.74 Å². The standard InChI is InChI=1S/C14H14F3NO2/c1-3-10-12(19)11(13(18-2)20-10)8-5-4-6-9(7-8)14(15,16)17/h4-7,10,18H,3H2,1-2H3. The SMILES string of the molecule is CCC1OC(NC)=C(c2cccc(C(F)(F)F)c2)C1=O. The quantitative estimate of drug-likeness (QED) is 0.928. The van der Waals surface area contributed by atoms with Crippen LogP contribution in [0.3, 0.4) is 0 Å². The van der Waals surface area contributed by atoms with Gasteiger partial charge in [-0.2, -0.15) is 13.2 Å². The molecule has 108 valence electrons. The van der Waals surface area contributed by atoms with Crippen molar-refractivity contribution in [2.45, 2.75) is 25.6 Å². The molecule has 1 aliphatic rings.